The number of hydrogen-bond acceptors (Lipinski definition) is 0. The molecule has 0 bridgehead atoms. The molecular formula is C22H37F3. The number of alkyl halides is 3. The highest BCUT2D eigenvalue weighted by atomic mass is 19.2. The first kappa shape index (κ1) is 19.5. The molecule has 0 aromatic carbocycles. The van der Waals surface area contributed by atoms with Gasteiger partial charge in [0.05, 0.1) is 0 Å². The predicted molar refractivity (Wildman–Crippen MR) is 97.8 cm³/mol. The van der Waals surface area contributed by atoms with Crippen molar-refractivity contribution in [2.45, 2.75) is 109 Å². The molecule has 3 aliphatic carbocycles. The van der Waals surface area contributed by atoms with Crippen molar-refractivity contribution in [3.63, 3.8) is 0 Å². The van der Waals surface area contributed by atoms with Crippen molar-refractivity contribution in [2.75, 3.05) is 0 Å². The van der Waals surface area contributed by atoms with E-state index in [1.54, 1.807) is 0 Å². The third-order valence-electron chi connectivity index (χ3n) is 7.65. The molecule has 3 rings (SSSR count). The average molecular weight is 359 g/mol. The van der Waals surface area contributed by atoms with Gasteiger partial charge in [0.2, 0.25) is 0 Å². The van der Waals surface area contributed by atoms with Crippen molar-refractivity contribution in [3.8, 4) is 0 Å². The maximum atomic E-state index is 13.6. The molecule has 0 amide bonds. The van der Waals surface area contributed by atoms with Crippen LogP contribution in [-0.2, 0) is 0 Å². The molecule has 25 heavy (non-hydrogen) atoms. The van der Waals surface area contributed by atoms with E-state index in [9.17, 15) is 13.2 Å². The topological polar surface area (TPSA) is 0 Å². The van der Waals surface area contributed by atoms with Crippen LogP contribution in [0.1, 0.15) is 90.4 Å². The lowest BCUT2D eigenvalue weighted by atomic mass is 9.74. The SMILES string of the molecule is CC1CCC(C2CCCC(CCC3CC(F)C(F)C(F)C3)CC2)CC1. The Labute approximate surface area is 152 Å². The van der Waals surface area contributed by atoms with Crippen molar-refractivity contribution in [1.82, 2.24) is 0 Å². The summed E-state index contributed by atoms with van der Waals surface area (Å²) in [5, 5.41) is 0. The lowest BCUT2D eigenvalue weighted by Gasteiger charge is -2.32. The molecule has 0 heterocycles. The molecule has 3 saturated carbocycles. The van der Waals surface area contributed by atoms with E-state index >= 15 is 0 Å². The Morgan fingerprint density at radius 1 is 0.640 bits per heavy atom. The Morgan fingerprint density at radius 2 is 1.20 bits per heavy atom. The van der Waals surface area contributed by atoms with Gasteiger partial charge in [-0.25, -0.2) is 13.2 Å². The normalized spacial score (nSPS) is 46.6. The predicted octanol–water partition coefficient (Wildman–Crippen LogP) is 7.21. The second kappa shape index (κ2) is 9.13. The highest BCUT2D eigenvalue weighted by molar-refractivity contribution is 4.87. The van der Waals surface area contributed by atoms with Crippen molar-refractivity contribution >= 4 is 0 Å². The maximum Gasteiger partial charge on any atom is 0.162 e. The maximum absolute atomic E-state index is 13.6. The van der Waals surface area contributed by atoms with Crippen molar-refractivity contribution < 1.29 is 13.2 Å². The molecule has 0 aromatic rings. The van der Waals surface area contributed by atoms with Crippen molar-refractivity contribution in [2.24, 2.45) is 29.6 Å². The molecule has 3 fully saturated rings. The summed E-state index contributed by atoms with van der Waals surface area (Å²) in [5.41, 5.74) is 0. The summed E-state index contributed by atoms with van der Waals surface area (Å²) < 4.78 is 40.4. The van der Waals surface area contributed by atoms with Crippen LogP contribution in [0.5, 0.6) is 0 Å². The Bertz CT molecular complexity index is 379. The van der Waals surface area contributed by atoms with E-state index < -0.39 is 18.5 Å². The molecular weight excluding hydrogens is 321 g/mol. The van der Waals surface area contributed by atoms with E-state index in [2.05, 4.69) is 6.92 Å². The molecule has 0 nitrogen and oxygen atoms in total. The van der Waals surface area contributed by atoms with Crippen LogP contribution < -0.4 is 0 Å². The van der Waals surface area contributed by atoms with Crippen LogP contribution in [-0.4, -0.2) is 18.5 Å². The van der Waals surface area contributed by atoms with Gasteiger partial charge in [-0.1, -0.05) is 51.9 Å². The van der Waals surface area contributed by atoms with Gasteiger partial charge in [0.25, 0.3) is 0 Å². The van der Waals surface area contributed by atoms with E-state index in [0.29, 0.717) is 0 Å². The molecule has 4 unspecified atom stereocenters. The fraction of sp³-hybridized carbons (Fsp3) is 1.00. The molecule has 4 atom stereocenters. The van der Waals surface area contributed by atoms with E-state index in [0.717, 1.165) is 36.5 Å². The van der Waals surface area contributed by atoms with Gasteiger partial charge in [-0.2, -0.15) is 0 Å². The summed E-state index contributed by atoms with van der Waals surface area (Å²) in [5.74, 6) is 3.58. The quantitative estimate of drug-likeness (QED) is 0.466. The Kier molecular flexibility index (Phi) is 7.14. The summed E-state index contributed by atoms with van der Waals surface area (Å²) in [6, 6.07) is 0. The molecule has 0 saturated heterocycles. The van der Waals surface area contributed by atoms with E-state index in [4.69, 9.17) is 0 Å². The van der Waals surface area contributed by atoms with Gasteiger partial charge in [-0.3, -0.25) is 0 Å². The molecule has 3 heteroatoms. The lowest BCUT2D eigenvalue weighted by molar-refractivity contribution is 0.0146. The number of halogens is 3. The summed E-state index contributed by atoms with van der Waals surface area (Å²) >= 11 is 0. The first-order chi connectivity index (χ1) is 12.0. The van der Waals surface area contributed by atoms with Gasteiger partial charge in [-0.15, -0.1) is 0 Å². The van der Waals surface area contributed by atoms with E-state index in [-0.39, 0.29) is 18.8 Å². The smallest absolute Gasteiger partial charge is 0.162 e. The molecule has 0 aliphatic heterocycles. The first-order valence-electron chi connectivity index (χ1n) is 10.9. The van der Waals surface area contributed by atoms with E-state index in [1.807, 2.05) is 0 Å². The molecule has 146 valence electrons. The summed E-state index contributed by atoms with van der Waals surface area (Å²) in [6.45, 7) is 2.39. The molecule has 0 spiro atoms. The van der Waals surface area contributed by atoms with Crippen LogP contribution in [0.25, 0.3) is 0 Å². The highest BCUT2D eigenvalue weighted by Gasteiger charge is 2.38. The second-order valence-corrected chi connectivity index (χ2v) is 9.55. The van der Waals surface area contributed by atoms with Gasteiger partial charge in [0.15, 0.2) is 6.17 Å². The largest absolute Gasteiger partial charge is 0.244 e. The summed E-state index contributed by atoms with van der Waals surface area (Å²) in [6.07, 6.45) is 9.76. The van der Waals surface area contributed by atoms with Gasteiger partial charge in [0, 0.05) is 0 Å². The number of rotatable bonds is 4. The standard InChI is InChI=1S/C22H37F3/c1-15-5-10-19(11-6-15)18-4-2-3-16(9-12-18)7-8-17-13-20(23)22(25)21(24)14-17/h15-22H,2-14H2,1H3. The van der Waals surface area contributed by atoms with Crippen LogP contribution in [0.3, 0.4) is 0 Å². The zero-order valence-electron chi connectivity index (χ0n) is 15.9. The van der Waals surface area contributed by atoms with Crippen LogP contribution in [0.2, 0.25) is 0 Å². The minimum Gasteiger partial charge on any atom is -0.244 e. The molecule has 0 aromatic heterocycles. The van der Waals surface area contributed by atoms with Gasteiger partial charge >= 0.3 is 0 Å². The van der Waals surface area contributed by atoms with Crippen molar-refractivity contribution in [1.29, 1.82) is 0 Å². The van der Waals surface area contributed by atoms with Crippen LogP contribution in [0, 0.1) is 29.6 Å². The summed E-state index contributed by atoms with van der Waals surface area (Å²) in [7, 11) is 0. The van der Waals surface area contributed by atoms with Gasteiger partial charge in [-0.05, 0) is 68.1 Å². The third kappa shape index (κ3) is 5.39. The van der Waals surface area contributed by atoms with Crippen LogP contribution in [0.4, 0.5) is 13.2 Å². The molecule has 0 N–H and O–H groups in total. The summed E-state index contributed by atoms with van der Waals surface area (Å²) in [4.78, 5) is 0. The monoisotopic (exact) mass is 358 g/mol. The molecule has 3 aliphatic rings. The zero-order valence-corrected chi connectivity index (χ0v) is 15.9. The minimum absolute atomic E-state index is 0.0517. The van der Waals surface area contributed by atoms with Crippen LogP contribution >= 0.6 is 0 Å². The molecule has 0 radical (unpaired) electrons. The van der Waals surface area contributed by atoms with Crippen LogP contribution in [0.15, 0.2) is 0 Å². The highest BCUT2D eigenvalue weighted by Crippen LogP contribution is 2.42. The zero-order chi connectivity index (χ0) is 17.8. The van der Waals surface area contributed by atoms with Gasteiger partial charge in [0.1, 0.15) is 12.3 Å². The van der Waals surface area contributed by atoms with Crippen molar-refractivity contribution in [3.05, 3.63) is 0 Å². The fourth-order valence-electron chi connectivity index (χ4n) is 5.85. The minimum atomic E-state index is -1.88. The second-order valence-electron chi connectivity index (χ2n) is 9.55. The lowest BCUT2D eigenvalue weighted by Crippen LogP contribution is -2.37. The van der Waals surface area contributed by atoms with E-state index in [1.165, 1.54) is 57.8 Å². The average Bonchev–Trinajstić information content (AvgIpc) is 2.84. The first-order valence-corrected chi connectivity index (χ1v) is 10.9. The Morgan fingerprint density at radius 3 is 1.88 bits per heavy atom. The number of hydrogen-bond donors (Lipinski definition) is 0. The Hall–Kier alpha value is -0.210. The third-order valence-corrected chi connectivity index (χ3v) is 7.65. The fourth-order valence-corrected chi connectivity index (χ4v) is 5.85. The Balaban J connectivity index is 1.40. The van der Waals surface area contributed by atoms with Gasteiger partial charge < -0.3 is 0 Å².